The van der Waals surface area contributed by atoms with Crippen LogP contribution >= 0.6 is 0 Å². The predicted octanol–water partition coefficient (Wildman–Crippen LogP) is 6.01. The number of esters is 1. The Bertz CT molecular complexity index is 1270. The summed E-state index contributed by atoms with van der Waals surface area (Å²) in [5, 5.41) is 22.5. The number of hydrogen-bond donors (Lipinski definition) is 2. The van der Waals surface area contributed by atoms with Crippen molar-refractivity contribution in [1.82, 2.24) is 0 Å². The standard InChI is InChI=1S/C33H42O5/c1-6-33(37,25-10-8-23-18-32(21(4)34,19-24(23)16-25)30(36)38-7-2)31(5)15-14-29-27(20(31)3)12-9-22-17-26(35)11-13-28(22)29/h8,10-11,13,16-17,20,27,29,35,37H,6-7,9,12,14-15,18-19H2,1-5H3/t20?,27?,29?,31-,32?,33+/m0/s1. The molecule has 0 aliphatic heterocycles. The van der Waals surface area contributed by atoms with E-state index in [0.717, 1.165) is 42.4 Å². The lowest BCUT2D eigenvalue weighted by Gasteiger charge is -2.57. The number of hydrogen-bond acceptors (Lipinski definition) is 5. The summed E-state index contributed by atoms with van der Waals surface area (Å²) < 4.78 is 5.32. The van der Waals surface area contributed by atoms with E-state index in [4.69, 9.17) is 4.74 Å². The van der Waals surface area contributed by atoms with Crippen molar-refractivity contribution in [3.8, 4) is 5.75 Å². The van der Waals surface area contributed by atoms with Gasteiger partial charge in [0, 0.05) is 5.41 Å². The Morgan fingerprint density at radius 2 is 1.79 bits per heavy atom. The van der Waals surface area contributed by atoms with Crippen LogP contribution < -0.4 is 0 Å². The lowest BCUT2D eigenvalue weighted by atomic mass is 9.49. The number of aromatic hydroxyl groups is 1. The van der Waals surface area contributed by atoms with Crippen LogP contribution in [0.2, 0.25) is 0 Å². The molecule has 5 rings (SSSR count). The van der Waals surface area contributed by atoms with Gasteiger partial charge < -0.3 is 14.9 Å². The average molecular weight is 519 g/mol. The number of benzene rings is 2. The number of ketones is 1. The third-order valence-electron chi connectivity index (χ3n) is 10.9. The molecule has 0 saturated heterocycles. The van der Waals surface area contributed by atoms with Crippen molar-refractivity contribution in [3.05, 3.63) is 64.2 Å². The van der Waals surface area contributed by atoms with Gasteiger partial charge in [-0.1, -0.05) is 45.0 Å². The molecule has 5 nitrogen and oxygen atoms in total. The smallest absolute Gasteiger partial charge is 0.320 e. The Balaban J connectivity index is 1.47. The molecule has 1 saturated carbocycles. The number of carbonyl (C=O) groups is 2. The Morgan fingerprint density at radius 3 is 2.47 bits per heavy atom. The summed E-state index contributed by atoms with van der Waals surface area (Å²) in [6.45, 7) is 10.1. The molecule has 204 valence electrons. The fourth-order valence-corrected chi connectivity index (χ4v) is 8.31. The minimum absolute atomic E-state index is 0.163. The van der Waals surface area contributed by atoms with E-state index in [1.54, 1.807) is 6.92 Å². The van der Waals surface area contributed by atoms with E-state index in [2.05, 4.69) is 32.9 Å². The average Bonchev–Trinajstić information content (AvgIpc) is 3.30. The lowest BCUT2D eigenvalue weighted by molar-refractivity contribution is -0.159. The second-order valence-corrected chi connectivity index (χ2v) is 12.3. The van der Waals surface area contributed by atoms with Gasteiger partial charge in [0.25, 0.3) is 0 Å². The van der Waals surface area contributed by atoms with Gasteiger partial charge in [-0.25, -0.2) is 0 Å². The molecule has 2 aromatic carbocycles. The number of Topliss-reactive ketones (excluding diaryl/α,β-unsaturated/α-hetero) is 1. The third kappa shape index (κ3) is 3.84. The summed E-state index contributed by atoms with van der Waals surface area (Å²) in [6.07, 6.45) is 5.19. The number of aryl methyl sites for hydroxylation is 1. The Kier molecular flexibility index (Phi) is 6.74. The van der Waals surface area contributed by atoms with Crippen LogP contribution in [0, 0.1) is 22.7 Å². The molecule has 0 spiro atoms. The molecule has 0 amide bonds. The number of aliphatic hydroxyl groups is 1. The summed E-state index contributed by atoms with van der Waals surface area (Å²) in [6, 6.07) is 11.9. The van der Waals surface area contributed by atoms with Crippen molar-refractivity contribution in [3.63, 3.8) is 0 Å². The van der Waals surface area contributed by atoms with Crippen molar-refractivity contribution in [2.75, 3.05) is 6.61 Å². The van der Waals surface area contributed by atoms with Crippen LogP contribution in [0.25, 0.3) is 0 Å². The van der Waals surface area contributed by atoms with Gasteiger partial charge in [0.05, 0.1) is 12.2 Å². The molecule has 1 fully saturated rings. The first-order valence-electron chi connectivity index (χ1n) is 14.4. The minimum atomic E-state index is -1.17. The first-order valence-corrected chi connectivity index (χ1v) is 14.4. The number of rotatable bonds is 6. The van der Waals surface area contributed by atoms with Crippen molar-refractivity contribution >= 4 is 11.8 Å². The fourth-order valence-electron chi connectivity index (χ4n) is 8.31. The van der Waals surface area contributed by atoms with Crippen LogP contribution in [0.1, 0.15) is 94.0 Å². The van der Waals surface area contributed by atoms with Gasteiger partial charge in [-0.3, -0.25) is 9.59 Å². The molecule has 5 heteroatoms. The number of carbonyl (C=O) groups excluding carboxylic acids is 2. The highest BCUT2D eigenvalue weighted by Gasteiger charge is 2.56. The molecule has 0 radical (unpaired) electrons. The molecular weight excluding hydrogens is 476 g/mol. The highest BCUT2D eigenvalue weighted by molar-refractivity contribution is 6.04. The third-order valence-corrected chi connectivity index (χ3v) is 10.9. The predicted molar refractivity (Wildman–Crippen MR) is 147 cm³/mol. The van der Waals surface area contributed by atoms with E-state index in [-0.39, 0.29) is 23.7 Å². The first-order chi connectivity index (χ1) is 18.0. The van der Waals surface area contributed by atoms with E-state index in [9.17, 15) is 19.8 Å². The molecule has 6 atom stereocenters. The highest BCUT2D eigenvalue weighted by Crippen LogP contribution is 2.61. The summed E-state index contributed by atoms with van der Waals surface area (Å²) in [4.78, 5) is 25.6. The molecule has 0 bridgehead atoms. The van der Waals surface area contributed by atoms with Gasteiger partial charge in [0.1, 0.15) is 16.9 Å². The largest absolute Gasteiger partial charge is 0.508 e. The summed E-state index contributed by atoms with van der Waals surface area (Å²) in [7, 11) is 0. The zero-order chi connectivity index (χ0) is 27.5. The second kappa shape index (κ2) is 9.51. The van der Waals surface area contributed by atoms with E-state index < -0.39 is 17.0 Å². The highest BCUT2D eigenvalue weighted by atomic mass is 16.5. The van der Waals surface area contributed by atoms with Gasteiger partial charge >= 0.3 is 5.97 Å². The van der Waals surface area contributed by atoms with Gasteiger partial charge in [-0.2, -0.15) is 0 Å². The SMILES string of the molecule is CCOC(=O)C1(C(C)=O)Cc2ccc([C@](O)(CC)[C@@]3(C)CCC4c5ccc(O)cc5CCC4C3C)cc2C1. The number of ether oxygens (including phenoxy) is 1. The second-order valence-electron chi connectivity index (χ2n) is 12.3. The van der Waals surface area contributed by atoms with Gasteiger partial charge in [0.2, 0.25) is 0 Å². The molecular formula is C33H42O5. The summed E-state index contributed by atoms with van der Waals surface area (Å²) in [5.74, 6) is 0.934. The Labute approximate surface area is 226 Å². The quantitative estimate of drug-likeness (QED) is 0.361. The molecule has 4 unspecified atom stereocenters. The lowest BCUT2D eigenvalue weighted by Crippen LogP contribution is -2.53. The minimum Gasteiger partial charge on any atom is -0.508 e. The van der Waals surface area contributed by atoms with Crippen molar-refractivity contribution in [1.29, 1.82) is 0 Å². The zero-order valence-corrected chi connectivity index (χ0v) is 23.5. The van der Waals surface area contributed by atoms with Crippen LogP contribution in [0.15, 0.2) is 36.4 Å². The molecule has 0 heterocycles. The van der Waals surface area contributed by atoms with Crippen LogP contribution in [0.4, 0.5) is 0 Å². The molecule has 0 aromatic heterocycles. The van der Waals surface area contributed by atoms with Crippen molar-refractivity contribution in [2.45, 2.75) is 91.1 Å². The molecule has 3 aliphatic carbocycles. The van der Waals surface area contributed by atoms with Crippen LogP contribution in [0.5, 0.6) is 5.75 Å². The summed E-state index contributed by atoms with van der Waals surface area (Å²) in [5.41, 5.74) is 2.94. The number of phenolic OH excluding ortho intramolecular Hbond substituents is 1. The monoisotopic (exact) mass is 518 g/mol. The summed E-state index contributed by atoms with van der Waals surface area (Å²) >= 11 is 0. The van der Waals surface area contributed by atoms with Gasteiger partial charge in [-0.15, -0.1) is 0 Å². The zero-order valence-electron chi connectivity index (χ0n) is 23.5. The van der Waals surface area contributed by atoms with Gasteiger partial charge in [0.15, 0.2) is 0 Å². The number of fused-ring (bicyclic) bond motifs is 4. The Hall–Kier alpha value is -2.66. The number of phenols is 1. The van der Waals surface area contributed by atoms with E-state index in [1.807, 2.05) is 24.3 Å². The Morgan fingerprint density at radius 1 is 1.05 bits per heavy atom. The fraction of sp³-hybridized carbons (Fsp3) is 0.576. The maximum atomic E-state index is 12.9. The topological polar surface area (TPSA) is 83.8 Å². The van der Waals surface area contributed by atoms with Gasteiger partial charge in [-0.05, 0) is 116 Å². The van der Waals surface area contributed by atoms with Crippen LogP contribution in [-0.2, 0) is 39.2 Å². The van der Waals surface area contributed by atoms with E-state index in [0.29, 0.717) is 36.8 Å². The van der Waals surface area contributed by atoms with E-state index >= 15 is 0 Å². The molecule has 2 N–H and O–H groups in total. The van der Waals surface area contributed by atoms with Crippen molar-refractivity contribution < 1.29 is 24.5 Å². The molecule has 3 aliphatic rings. The maximum Gasteiger partial charge on any atom is 0.320 e. The maximum absolute atomic E-state index is 12.9. The first kappa shape index (κ1) is 26.9. The molecule has 38 heavy (non-hydrogen) atoms. The van der Waals surface area contributed by atoms with Crippen molar-refractivity contribution in [2.24, 2.45) is 22.7 Å². The van der Waals surface area contributed by atoms with E-state index in [1.165, 1.54) is 18.1 Å². The van der Waals surface area contributed by atoms with Crippen LogP contribution in [0.3, 0.4) is 0 Å². The normalized spacial score (nSPS) is 31.5. The van der Waals surface area contributed by atoms with Crippen LogP contribution in [-0.4, -0.2) is 28.6 Å². The molecule has 2 aromatic rings.